The van der Waals surface area contributed by atoms with Crippen LogP contribution in [0.25, 0.3) is 5.65 Å². The number of sulfonamides is 1. The van der Waals surface area contributed by atoms with Gasteiger partial charge in [-0.05, 0) is 7.05 Å². The molecular weight excluding hydrogens is 305 g/mol. The predicted molar refractivity (Wildman–Crippen MR) is 57.3 cm³/mol. The lowest BCUT2D eigenvalue weighted by atomic mass is 10.6. The second-order valence-corrected chi connectivity index (χ2v) is 5.40. The molecule has 0 fully saturated rings. The Morgan fingerprint density at radius 3 is 2.60 bits per heavy atom. The summed E-state index contributed by atoms with van der Waals surface area (Å²) < 4.78 is 62.3. The van der Waals surface area contributed by atoms with Gasteiger partial charge in [-0.1, -0.05) is 5.21 Å². The topological polar surface area (TPSA) is 111 Å². The Balaban J connectivity index is 2.64. The summed E-state index contributed by atoms with van der Waals surface area (Å²) >= 11 is 0. The van der Waals surface area contributed by atoms with Crippen LogP contribution in [0.5, 0.6) is 0 Å². The van der Waals surface area contributed by atoms with Crippen LogP contribution >= 0.6 is 0 Å². The average molecular weight is 312 g/mol. The molecule has 20 heavy (non-hydrogen) atoms. The smallest absolute Gasteiger partial charge is 0.245 e. The van der Waals surface area contributed by atoms with Gasteiger partial charge in [0.15, 0.2) is 0 Å². The van der Waals surface area contributed by atoms with Gasteiger partial charge in [0.2, 0.25) is 10.7 Å². The first-order chi connectivity index (χ1) is 9.15. The van der Waals surface area contributed by atoms with Gasteiger partial charge < -0.3 is 0 Å². The molecule has 2 aromatic heterocycles. The van der Waals surface area contributed by atoms with Gasteiger partial charge in [0.05, 0.1) is 0 Å². The third kappa shape index (κ3) is 2.49. The van der Waals surface area contributed by atoms with Crippen LogP contribution in [0.2, 0.25) is 0 Å². The molecule has 13 heteroatoms. The molecular formula is C7H7F3N6O3S. The second kappa shape index (κ2) is 4.52. The van der Waals surface area contributed by atoms with E-state index in [9.17, 15) is 26.4 Å². The third-order valence-corrected chi connectivity index (χ3v) is 3.57. The Bertz CT molecular complexity index is 807. The van der Waals surface area contributed by atoms with Gasteiger partial charge in [-0.2, -0.15) is 17.9 Å². The summed E-state index contributed by atoms with van der Waals surface area (Å²) in [6.07, 6.45) is -3.89. The summed E-state index contributed by atoms with van der Waals surface area (Å²) in [6.45, 7) is -1.64. The van der Waals surface area contributed by atoms with E-state index in [1.54, 1.807) is 0 Å². The lowest BCUT2D eigenvalue weighted by molar-refractivity contribution is -0.144. The van der Waals surface area contributed by atoms with Crippen molar-refractivity contribution in [1.82, 2.24) is 29.1 Å². The largest absolute Gasteiger partial charge is 0.408 e. The number of nitrogens with zero attached hydrogens (tertiary/aromatic N) is 5. The summed E-state index contributed by atoms with van der Waals surface area (Å²) in [5, 5.41) is 5.75. The van der Waals surface area contributed by atoms with Crippen LogP contribution in [0.3, 0.4) is 0 Å². The molecule has 0 spiro atoms. The molecule has 1 N–H and O–H groups in total. The second-order valence-electron chi connectivity index (χ2n) is 3.60. The molecule has 2 aromatic rings. The zero-order valence-electron chi connectivity index (χ0n) is 9.79. The molecule has 0 atom stereocenters. The van der Waals surface area contributed by atoms with Crippen LogP contribution in [-0.2, 0) is 16.6 Å². The van der Waals surface area contributed by atoms with Crippen molar-refractivity contribution >= 4 is 15.7 Å². The maximum atomic E-state index is 12.2. The SMILES string of the molecule is CNS(=O)(=O)c1ncn2c(=O)n(CC(F)(F)F)nnc12. The Morgan fingerprint density at radius 1 is 1.40 bits per heavy atom. The molecule has 0 aliphatic rings. The van der Waals surface area contributed by atoms with Crippen LogP contribution in [0.15, 0.2) is 16.1 Å². The fourth-order valence-electron chi connectivity index (χ4n) is 1.37. The highest BCUT2D eigenvalue weighted by Gasteiger charge is 2.30. The number of alkyl halides is 3. The summed E-state index contributed by atoms with van der Waals surface area (Å²) in [7, 11) is -2.89. The first kappa shape index (κ1) is 14.4. The van der Waals surface area contributed by atoms with Crippen molar-refractivity contribution in [3.8, 4) is 0 Å². The van der Waals surface area contributed by atoms with Crippen LogP contribution in [0, 0.1) is 0 Å². The lowest BCUT2D eigenvalue weighted by Gasteiger charge is -2.07. The predicted octanol–water partition coefficient (Wildman–Crippen LogP) is -1.24. The van der Waals surface area contributed by atoms with E-state index >= 15 is 0 Å². The van der Waals surface area contributed by atoms with Crippen molar-refractivity contribution in [3.63, 3.8) is 0 Å². The van der Waals surface area contributed by atoms with Gasteiger partial charge >= 0.3 is 11.9 Å². The van der Waals surface area contributed by atoms with E-state index in [0.717, 1.165) is 13.4 Å². The number of halogens is 3. The Labute approximate surface area is 109 Å². The van der Waals surface area contributed by atoms with Crippen LogP contribution in [0.4, 0.5) is 13.2 Å². The fourth-order valence-corrected chi connectivity index (χ4v) is 2.13. The number of hydrogen-bond acceptors (Lipinski definition) is 6. The standard InChI is InChI=1S/C7H7F3N6O3S/c1-11-20(18,19)5-4-13-14-16(2-7(8,9)10)6(17)15(4)3-12-5/h3,11H,2H2,1H3. The quantitative estimate of drug-likeness (QED) is 0.758. The number of aromatic nitrogens is 5. The van der Waals surface area contributed by atoms with Gasteiger partial charge in [-0.25, -0.2) is 27.3 Å². The molecule has 9 nitrogen and oxygen atoms in total. The minimum atomic E-state index is -4.66. The summed E-state index contributed by atoms with van der Waals surface area (Å²) in [4.78, 5) is 15.2. The number of hydrogen-bond donors (Lipinski definition) is 1. The molecule has 0 saturated heterocycles. The monoisotopic (exact) mass is 312 g/mol. The van der Waals surface area contributed by atoms with E-state index in [4.69, 9.17) is 0 Å². The van der Waals surface area contributed by atoms with Crippen molar-refractivity contribution in [1.29, 1.82) is 0 Å². The number of rotatable bonds is 3. The van der Waals surface area contributed by atoms with Crippen molar-refractivity contribution in [2.75, 3.05) is 7.05 Å². The molecule has 0 bridgehead atoms. The number of nitrogens with one attached hydrogen (secondary N) is 1. The molecule has 2 rings (SSSR count). The van der Waals surface area contributed by atoms with Crippen LogP contribution in [0.1, 0.15) is 0 Å². The van der Waals surface area contributed by atoms with Gasteiger partial charge in [0.1, 0.15) is 12.9 Å². The first-order valence-corrected chi connectivity index (χ1v) is 6.45. The maximum Gasteiger partial charge on any atom is 0.408 e. The molecule has 0 aliphatic heterocycles. The Morgan fingerprint density at radius 2 is 2.05 bits per heavy atom. The minimum absolute atomic E-state index is 0.0600. The van der Waals surface area contributed by atoms with E-state index in [1.165, 1.54) is 0 Å². The highest BCUT2D eigenvalue weighted by molar-refractivity contribution is 7.89. The zero-order chi connectivity index (χ0) is 15.1. The average Bonchev–Trinajstić information content (AvgIpc) is 2.76. The third-order valence-electron chi connectivity index (χ3n) is 2.24. The van der Waals surface area contributed by atoms with Crippen LogP contribution < -0.4 is 10.4 Å². The lowest BCUT2D eigenvalue weighted by Crippen LogP contribution is -2.34. The van der Waals surface area contributed by atoms with Gasteiger partial charge in [0.25, 0.3) is 10.0 Å². The zero-order valence-corrected chi connectivity index (χ0v) is 10.6. The summed E-state index contributed by atoms with van der Waals surface area (Å²) in [5.41, 5.74) is -1.65. The molecule has 0 aromatic carbocycles. The molecule has 0 radical (unpaired) electrons. The van der Waals surface area contributed by atoms with Gasteiger partial charge in [-0.3, -0.25) is 0 Å². The normalized spacial score (nSPS) is 13.0. The van der Waals surface area contributed by atoms with Gasteiger partial charge in [-0.15, -0.1) is 5.10 Å². The fraction of sp³-hybridized carbons (Fsp3) is 0.429. The van der Waals surface area contributed by atoms with Crippen molar-refractivity contribution < 1.29 is 21.6 Å². The molecule has 2 heterocycles. The van der Waals surface area contributed by atoms with E-state index < -0.39 is 39.1 Å². The highest BCUT2D eigenvalue weighted by Crippen LogP contribution is 2.16. The first-order valence-electron chi connectivity index (χ1n) is 4.97. The minimum Gasteiger partial charge on any atom is -0.245 e. The van der Waals surface area contributed by atoms with Crippen molar-refractivity contribution in [3.05, 3.63) is 16.8 Å². The molecule has 0 saturated carbocycles. The Hall–Kier alpha value is -2.02. The summed E-state index contributed by atoms with van der Waals surface area (Å²) in [5.74, 6) is 0. The summed E-state index contributed by atoms with van der Waals surface area (Å²) in [6, 6.07) is 0. The van der Waals surface area contributed by atoms with Gasteiger partial charge in [0, 0.05) is 0 Å². The molecule has 0 unspecified atom stereocenters. The maximum absolute atomic E-state index is 12.2. The van der Waals surface area contributed by atoms with E-state index in [-0.39, 0.29) is 4.68 Å². The molecule has 0 aliphatic carbocycles. The van der Waals surface area contributed by atoms with Crippen molar-refractivity contribution in [2.45, 2.75) is 17.7 Å². The number of fused-ring (bicyclic) bond motifs is 1. The Kier molecular flexibility index (Phi) is 3.25. The molecule has 110 valence electrons. The van der Waals surface area contributed by atoms with Crippen LogP contribution in [-0.4, -0.2) is 46.0 Å². The number of imidazole rings is 1. The molecule has 0 amide bonds. The highest BCUT2D eigenvalue weighted by atomic mass is 32.2. The van der Waals surface area contributed by atoms with E-state index in [2.05, 4.69) is 15.3 Å². The van der Waals surface area contributed by atoms with E-state index in [0.29, 0.717) is 4.40 Å². The van der Waals surface area contributed by atoms with Crippen molar-refractivity contribution in [2.24, 2.45) is 0 Å². The van der Waals surface area contributed by atoms with E-state index in [1.807, 2.05) is 4.72 Å².